The molecule has 4 aliphatic rings. The van der Waals surface area contributed by atoms with Crippen LogP contribution in [-0.4, -0.2) is 34.1 Å². The Morgan fingerprint density at radius 1 is 0.840 bits per heavy atom. The molecule has 0 bridgehead atoms. The summed E-state index contributed by atoms with van der Waals surface area (Å²) in [6, 6.07) is 2.19. The monoisotopic (exact) mass is 347 g/mol. The summed E-state index contributed by atoms with van der Waals surface area (Å²) in [4.78, 5) is 14.3. The van der Waals surface area contributed by atoms with Gasteiger partial charge in [-0.15, -0.1) is 0 Å². The fourth-order valence-corrected chi connectivity index (χ4v) is 7.30. The highest BCUT2D eigenvalue weighted by Gasteiger charge is 2.52. The van der Waals surface area contributed by atoms with Gasteiger partial charge in [0.1, 0.15) is 0 Å². The Balaban J connectivity index is 1.50. The lowest BCUT2D eigenvalue weighted by atomic mass is 9.69. The van der Waals surface area contributed by atoms with E-state index in [9.17, 15) is 9.90 Å². The van der Waals surface area contributed by atoms with E-state index in [-0.39, 0.29) is 5.92 Å². The lowest BCUT2D eigenvalue weighted by Crippen LogP contribution is -2.47. The molecule has 4 unspecified atom stereocenters. The van der Waals surface area contributed by atoms with Gasteiger partial charge in [-0.2, -0.15) is 0 Å². The second kappa shape index (κ2) is 7.58. The van der Waals surface area contributed by atoms with Crippen LogP contribution in [-0.2, 0) is 4.79 Å². The number of fused-ring (bicyclic) bond motifs is 1. The molecular formula is C22H37NO2. The first-order chi connectivity index (χ1) is 12.2. The van der Waals surface area contributed by atoms with Gasteiger partial charge in [-0.1, -0.05) is 44.9 Å². The van der Waals surface area contributed by atoms with Gasteiger partial charge in [-0.25, -0.2) is 0 Å². The molecule has 1 heterocycles. The molecule has 0 amide bonds. The van der Waals surface area contributed by atoms with E-state index in [1.807, 2.05) is 0 Å². The molecule has 1 N–H and O–H groups in total. The number of hydrogen-bond acceptors (Lipinski definition) is 2. The molecule has 4 rings (SSSR count). The highest BCUT2D eigenvalue weighted by molar-refractivity contribution is 5.70. The third kappa shape index (κ3) is 3.38. The number of nitrogens with zero attached hydrogens (tertiary/aromatic N) is 1. The van der Waals surface area contributed by atoms with Crippen LogP contribution in [0.1, 0.15) is 90.4 Å². The zero-order chi connectivity index (χ0) is 17.4. The lowest BCUT2D eigenvalue weighted by molar-refractivity contribution is -0.143. The van der Waals surface area contributed by atoms with E-state index in [0.717, 1.165) is 55.5 Å². The quantitative estimate of drug-likeness (QED) is 0.773. The van der Waals surface area contributed by atoms with Gasteiger partial charge in [0.05, 0.1) is 5.92 Å². The molecule has 3 saturated carbocycles. The number of hydrogen-bond donors (Lipinski definition) is 1. The lowest BCUT2D eigenvalue weighted by Gasteiger charge is -2.41. The van der Waals surface area contributed by atoms with Crippen molar-refractivity contribution in [3.05, 3.63) is 0 Å². The number of likely N-dealkylation sites (tertiary alicyclic amines) is 1. The Morgan fingerprint density at radius 2 is 1.48 bits per heavy atom. The summed E-state index contributed by atoms with van der Waals surface area (Å²) in [5.41, 5.74) is 0. The van der Waals surface area contributed by atoms with E-state index < -0.39 is 5.97 Å². The first kappa shape index (κ1) is 17.8. The van der Waals surface area contributed by atoms with E-state index in [2.05, 4.69) is 11.8 Å². The Labute approximate surface area is 153 Å². The van der Waals surface area contributed by atoms with Crippen LogP contribution in [0.25, 0.3) is 0 Å². The van der Waals surface area contributed by atoms with Crippen molar-refractivity contribution in [2.24, 2.45) is 23.7 Å². The summed E-state index contributed by atoms with van der Waals surface area (Å²) in [5.74, 6) is 2.18. The molecule has 25 heavy (non-hydrogen) atoms. The van der Waals surface area contributed by atoms with Crippen LogP contribution >= 0.6 is 0 Å². The molecule has 3 nitrogen and oxygen atoms in total. The molecule has 0 aromatic carbocycles. The molecule has 1 saturated heterocycles. The van der Waals surface area contributed by atoms with Gasteiger partial charge in [0.25, 0.3) is 0 Å². The predicted molar refractivity (Wildman–Crippen MR) is 100 cm³/mol. The SMILES string of the molecule is CC1C(C2CCCCC2)C2CCCCC2N1C1CCC(C(=O)O)CC1. The minimum Gasteiger partial charge on any atom is -0.481 e. The van der Waals surface area contributed by atoms with Crippen LogP contribution in [0.15, 0.2) is 0 Å². The van der Waals surface area contributed by atoms with Crippen molar-refractivity contribution in [3.63, 3.8) is 0 Å². The Hall–Kier alpha value is -0.570. The van der Waals surface area contributed by atoms with Crippen molar-refractivity contribution in [2.75, 3.05) is 0 Å². The van der Waals surface area contributed by atoms with Crippen LogP contribution in [0.4, 0.5) is 0 Å². The zero-order valence-electron chi connectivity index (χ0n) is 16.0. The van der Waals surface area contributed by atoms with E-state index in [1.54, 1.807) is 0 Å². The van der Waals surface area contributed by atoms with E-state index in [0.29, 0.717) is 6.04 Å². The van der Waals surface area contributed by atoms with Crippen molar-refractivity contribution < 1.29 is 9.90 Å². The Morgan fingerprint density at radius 3 is 2.16 bits per heavy atom. The fourth-order valence-electron chi connectivity index (χ4n) is 7.30. The zero-order valence-corrected chi connectivity index (χ0v) is 16.0. The summed E-state index contributed by atoms with van der Waals surface area (Å²) in [6.07, 6.45) is 17.0. The number of rotatable bonds is 3. The standard InChI is InChI=1S/C22H37NO2/c1-15-21(16-7-3-2-4-8-16)19-9-5-6-10-20(19)23(15)18-13-11-17(12-14-18)22(24)25/h15-21H,2-14H2,1H3,(H,24,25). The number of carbonyl (C=O) groups is 1. The van der Waals surface area contributed by atoms with Gasteiger partial charge < -0.3 is 5.11 Å². The maximum Gasteiger partial charge on any atom is 0.306 e. The maximum atomic E-state index is 11.3. The Kier molecular flexibility index (Phi) is 5.41. The molecule has 1 aliphatic heterocycles. The molecule has 4 fully saturated rings. The summed E-state index contributed by atoms with van der Waals surface area (Å²) >= 11 is 0. The summed E-state index contributed by atoms with van der Waals surface area (Å²) in [5, 5.41) is 9.33. The van der Waals surface area contributed by atoms with Crippen LogP contribution < -0.4 is 0 Å². The third-order valence-corrected chi connectivity index (χ3v) is 8.35. The van der Waals surface area contributed by atoms with Crippen molar-refractivity contribution in [1.29, 1.82) is 0 Å². The minimum absolute atomic E-state index is 0.0783. The van der Waals surface area contributed by atoms with E-state index >= 15 is 0 Å². The first-order valence-electron chi connectivity index (χ1n) is 11.2. The topological polar surface area (TPSA) is 40.5 Å². The van der Waals surface area contributed by atoms with Crippen molar-refractivity contribution >= 4 is 5.97 Å². The maximum absolute atomic E-state index is 11.3. The fraction of sp³-hybridized carbons (Fsp3) is 0.955. The van der Waals surface area contributed by atoms with Gasteiger partial charge in [0, 0.05) is 18.1 Å². The normalized spacial score (nSPS) is 43.7. The summed E-state index contributed by atoms with van der Waals surface area (Å²) < 4.78 is 0. The summed E-state index contributed by atoms with van der Waals surface area (Å²) in [7, 11) is 0. The average Bonchev–Trinajstić information content (AvgIpc) is 2.94. The average molecular weight is 348 g/mol. The molecule has 0 radical (unpaired) electrons. The first-order valence-corrected chi connectivity index (χ1v) is 11.2. The highest BCUT2D eigenvalue weighted by Crippen LogP contribution is 2.51. The number of carboxylic acids is 1. The van der Waals surface area contributed by atoms with Crippen molar-refractivity contribution in [3.8, 4) is 0 Å². The third-order valence-electron chi connectivity index (χ3n) is 8.35. The second-order valence-corrected chi connectivity index (χ2v) is 9.52. The molecule has 142 valence electrons. The molecule has 0 aromatic rings. The van der Waals surface area contributed by atoms with Crippen LogP contribution in [0, 0.1) is 23.7 Å². The van der Waals surface area contributed by atoms with Gasteiger partial charge >= 0.3 is 5.97 Å². The molecule has 3 aliphatic carbocycles. The van der Waals surface area contributed by atoms with Crippen molar-refractivity contribution in [2.45, 2.75) is 109 Å². The van der Waals surface area contributed by atoms with Gasteiger partial charge in [0.2, 0.25) is 0 Å². The molecule has 3 heteroatoms. The van der Waals surface area contributed by atoms with E-state index in [4.69, 9.17) is 0 Å². The predicted octanol–water partition coefficient (Wildman–Crippen LogP) is 5.09. The molecular weight excluding hydrogens is 310 g/mol. The highest BCUT2D eigenvalue weighted by atomic mass is 16.4. The van der Waals surface area contributed by atoms with Gasteiger partial charge in [0.15, 0.2) is 0 Å². The van der Waals surface area contributed by atoms with Gasteiger partial charge in [-0.3, -0.25) is 9.69 Å². The largest absolute Gasteiger partial charge is 0.481 e. The van der Waals surface area contributed by atoms with Crippen LogP contribution in [0.2, 0.25) is 0 Å². The Bertz CT molecular complexity index is 465. The number of aliphatic carboxylic acids is 1. The van der Waals surface area contributed by atoms with Gasteiger partial charge in [-0.05, 0) is 63.2 Å². The smallest absolute Gasteiger partial charge is 0.306 e. The van der Waals surface area contributed by atoms with Crippen LogP contribution in [0.3, 0.4) is 0 Å². The minimum atomic E-state index is -0.566. The molecule has 0 aromatic heterocycles. The summed E-state index contributed by atoms with van der Waals surface area (Å²) in [6.45, 7) is 2.53. The molecule has 4 atom stereocenters. The van der Waals surface area contributed by atoms with Crippen LogP contribution in [0.5, 0.6) is 0 Å². The molecule has 0 spiro atoms. The number of carboxylic acid groups (broad SMARTS) is 1. The van der Waals surface area contributed by atoms with E-state index in [1.165, 1.54) is 57.8 Å². The van der Waals surface area contributed by atoms with Crippen molar-refractivity contribution in [1.82, 2.24) is 4.90 Å². The second-order valence-electron chi connectivity index (χ2n) is 9.52.